The molecule has 1 aliphatic carbocycles. The Morgan fingerprint density at radius 3 is 2.73 bits per heavy atom. The maximum absolute atomic E-state index is 11.2. The first-order valence-electron chi connectivity index (χ1n) is 10.1. The Balaban J connectivity index is 2.33. The highest BCUT2D eigenvalue weighted by molar-refractivity contribution is 5.72. The van der Waals surface area contributed by atoms with Gasteiger partial charge in [0, 0.05) is 19.2 Å². The molecule has 1 rings (SSSR count). The second-order valence-electron chi connectivity index (χ2n) is 7.85. The third kappa shape index (κ3) is 8.64. The van der Waals surface area contributed by atoms with Crippen LogP contribution in [0.3, 0.4) is 0 Å². The summed E-state index contributed by atoms with van der Waals surface area (Å²) in [7, 11) is 0. The lowest BCUT2D eigenvalue weighted by Gasteiger charge is -2.32. The normalized spacial score (nSPS) is 18.1. The monoisotopic (exact) mass is 359 g/mol. The highest BCUT2D eigenvalue weighted by atomic mass is 16.5. The van der Waals surface area contributed by atoms with E-state index in [-0.39, 0.29) is 11.4 Å². The molecule has 0 N–H and O–H groups in total. The Hall–Kier alpha value is -1.64. The van der Waals surface area contributed by atoms with Crippen molar-refractivity contribution in [3.05, 3.63) is 34.9 Å². The van der Waals surface area contributed by atoms with E-state index in [0.717, 1.165) is 25.8 Å². The summed E-state index contributed by atoms with van der Waals surface area (Å²) in [6.45, 7) is 12.2. The van der Waals surface area contributed by atoms with Crippen molar-refractivity contribution < 1.29 is 9.53 Å². The number of allylic oxidation sites excluding steroid dienone is 6. The third-order valence-electron chi connectivity index (χ3n) is 4.97. The number of rotatable bonds is 10. The van der Waals surface area contributed by atoms with E-state index in [4.69, 9.17) is 4.74 Å². The molecule has 0 heterocycles. The van der Waals surface area contributed by atoms with Crippen LogP contribution in [-0.2, 0) is 9.53 Å². The number of aliphatic imine (C=N–C) groups is 1. The van der Waals surface area contributed by atoms with Crippen LogP contribution in [-0.4, -0.2) is 25.3 Å². The number of carbonyl (C=O) groups excluding carboxylic acids is 1. The van der Waals surface area contributed by atoms with Crippen molar-refractivity contribution in [2.24, 2.45) is 10.4 Å². The Morgan fingerprint density at radius 1 is 1.27 bits per heavy atom. The average molecular weight is 360 g/mol. The van der Waals surface area contributed by atoms with Gasteiger partial charge < -0.3 is 4.74 Å². The smallest absolute Gasteiger partial charge is 0.305 e. The molecule has 1 aliphatic rings. The minimum absolute atomic E-state index is 0.0900. The summed E-state index contributed by atoms with van der Waals surface area (Å²) in [5, 5.41) is 0. The van der Waals surface area contributed by atoms with E-state index in [0.29, 0.717) is 13.0 Å². The second kappa shape index (κ2) is 11.9. The maximum atomic E-state index is 11.2. The van der Waals surface area contributed by atoms with Crippen LogP contribution in [0.4, 0.5) is 0 Å². The van der Waals surface area contributed by atoms with Crippen LogP contribution in [0.2, 0.25) is 0 Å². The zero-order valence-electron chi connectivity index (χ0n) is 17.4. The molecule has 0 aromatic carbocycles. The van der Waals surface area contributed by atoms with Gasteiger partial charge in [0.05, 0.1) is 6.61 Å². The predicted molar refractivity (Wildman–Crippen MR) is 112 cm³/mol. The average Bonchev–Trinajstić information content (AvgIpc) is 2.56. The first-order valence-corrected chi connectivity index (χ1v) is 10.1. The number of unbranched alkanes of at least 4 members (excludes halogenated alkanes) is 2. The predicted octanol–water partition coefficient (Wildman–Crippen LogP) is 6.21. The van der Waals surface area contributed by atoms with Crippen LogP contribution >= 0.6 is 0 Å². The lowest BCUT2D eigenvalue weighted by Crippen LogP contribution is -2.19. The molecule has 0 radical (unpaired) electrons. The van der Waals surface area contributed by atoms with Gasteiger partial charge in [0.15, 0.2) is 0 Å². The Bertz CT molecular complexity index is 565. The van der Waals surface area contributed by atoms with Crippen LogP contribution < -0.4 is 0 Å². The maximum Gasteiger partial charge on any atom is 0.305 e. The summed E-state index contributed by atoms with van der Waals surface area (Å²) >= 11 is 0. The summed E-state index contributed by atoms with van der Waals surface area (Å²) in [6, 6.07) is 0. The molecular weight excluding hydrogens is 322 g/mol. The number of nitrogens with zero attached hydrogens (tertiary/aromatic N) is 1. The van der Waals surface area contributed by atoms with Crippen molar-refractivity contribution in [2.45, 2.75) is 79.6 Å². The molecule has 0 saturated heterocycles. The summed E-state index contributed by atoms with van der Waals surface area (Å²) in [6.07, 6.45) is 15.7. The van der Waals surface area contributed by atoms with Crippen molar-refractivity contribution in [3.8, 4) is 0 Å². The molecule has 3 nitrogen and oxygen atoms in total. The van der Waals surface area contributed by atoms with Gasteiger partial charge in [-0.1, -0.05) is 38.0 Å². The number of hydrogen-bond acceptors (Lipinski definition) is 3. The minimum atomic E-state index is -0.0900. The molecule has 0 fully saturated rings. The fraction of sp³-hybridized carbons (Fsp3) is 0.652. The van der Waals surface area contributed by atoms with Gasteiger partial charge >= 0.3 is 5.97 Å². The SMILES string of the molecule is CCOC(=O)CCCCCN=C/C=C(C)/C=C/C1=C(C)CCCC1(C)C. The van der Waals surface area contributed by atoms with Crippen molar-refractivity contribution in [1.82, 2.24) is 0 Å². The summed E-state index contributed by atoms with van der Waals surface area (Å²) in [5.74, 6) is -0.0900. The van der Waals surface area contributed by atoms with E-state index in [1.165, 1.54) is 36.0 Å². The first kappa shape index (κ1) is 22.4. The molecular formula is C23H37NO2. The van der Waals surface area contributed by atoms with Gasteiger partial charge in [0.2, 0.25) is 0 Å². The molecule has 0 amide bonds. The lowest BCUT2D eigenvalue weighted by atomic mass is 9.72. The van der Waals surface area contributed by atoms with Gasteiger partial charge in [0.25, 0.3) is 0 Å². The second-order valence-corrected chi connectivity index (χ2v) is 7.85. The molecule has 0 bridgehead atoms. The van der Waals surface area contributed by atoms with E-state index in [9.17, 15) is 4.79 Å². The van der Waals surface area contributed by atoms with Crippen LogP contribution in [0.5, 0.6) is 0 Å². The first-order chi connectivity index (χ1) is 12.4. The van der Waals surface area contributed by atoms with E-state index < -0.39 is 0 Å². The fourth-order valence-corrected chi connectivity index (χ4v) is 3.41. The van der Waals surface area contributed by atoms with Gasteiger partial charge in [-0.25, -0.2) is 0 Å². The molecule has 0 atom stereocenters. The summed E-state index contributed by atoms with van der Waals surface area (Å²) in [5.41, 5.74) is 4.53. The molecule has 0 saturated carbocycles. The Kier molecular flexibility index (Phi) is 10.2. The van der Waals surface area contributed by atoms with Crippen molar-refractivity contribution in [2.75, 3.05) is 13.2 Å². The van der Waals surface area contributed by atoms with E-state index in [2.05, 4.69) is 50.9 Å². The standard InChI is InChI=1S/C23H37NO2/c1-6-26-22(25)12-8-7-9-17-24-18-15-19(2)13-14-21-20(3)11-10-16-23(21,4)5/h13-15,18H,6-12,16-17H2,1-5H3/b14-13+,19-15+,24-18?. The van der Waals surface area contributed by atoms with Crippen LogP contribution in [0.15, 0.2) is 39.9 Å². The summed E-state index contributed by atoms with van der Waals surface area (Å²) < 4.78 is 4.91. The van der Waals surface area contributed by atoms with Crippen LogP contribution in [0.1, 0.15) is 79.6 Å². The van der Waals surface area contributed by atoms with Crippen molar-refractivity contribution in [1.29, 1.82) is 0 Å². The molecule has 0 spiro atoms. The number of ether oxygens (including phenoxy) is 1. The Labute approximate surface area is 160 Å². The van der Waals surface area contributed by atoms with E-state index in [1.54, 1.807) is 0 Å². The zero-order chi connectivity index (χ0) is 19.4. The van der Waals surface area contributed by atoms with Gasteiger partial charge in [-0.3, -0.25) is 9.79 Å². The molecule has 146 valence electrons. The van der Waals surface area contributed by atoms with Gasteiger partial charge in [-0.2, -0.15) is 0 Å². The van der Waals surface area contributed by atoms with Gasteiger partial charge in [0.1, 0.15) is 0 Å². The molecule has 0 aliphatic heterocycles. The summed E-state index contributed by atoms with van der Waals surface area (Å²) in [4.78, 5) is 15.7. The molecule has 0 aromatic rings. The highest BCUT2D eigenvalue weighted by Crippen LogP contribution is 2.40. The largest absolute Gasteiger partial charge is 0.466 e. The molecule has 3 heteroatoms. The highest BCUT2D eigenvalue weighted by Gasteiger charge is 2.26. The van der Waals surface area contributed by atoms with Crippen molar-refractivity contribution >= 4 is 12.2 Å². The topological polar surface area (TPSA) is 38.7 Å². The zero-order valence-corrected chi connectivity index (χ0v) is 17.4. The quantitative estimate of drug-likeness (QED) is 0.201. The fourth-order valence-electron chi connectivity index (χ4n) is 3.41. The molecule has 0 aromatic heterocycles. The van der Waals surface area contributed by atoms with Crippen LogP contribution in [0.25, 0.3) is 0 Å². The minimum Gasteiger partial charge on any atom is -0.466 e. The van der Waals surface area contributed by atoms with E-state index >= 15 is 0 Å². The van der Waals surface area contributed by atoms with E-state index in [1.807, 2.05) is 13.1 Å². The number of esters is 1. The van der Waals surface area contributed by atoms with Crippen LogP contribution in [0, 0.1) is 5.41 Å². The third-order valence-corrected chi connectivity index (χ3v) is 4.97. The Morgan fingerprint density at radius 2 is 2.04 bits per heavy atom. The molecule has 26 heavy (non-hydrogen) atoms. The van der Waals surface area contributed by atoms with Gasteiger partial charge in [-0.15, -0.1) is 0 Å². The van der Waals surface area contributed by atoms with Gasteiger partial charge in [-0.05, 0) is 75.5 Å². The number of carbonyl (C=O) groups is 1. The lowest BCUT2D eigenvalue weighted by molar-refractivity contribution is -0.143. The van der Waals surface area contributed by atoms with Crippen molar-refractivity contribution in [3.63, 3.8) is 0 Å². The molecule has 0 unspecified atom stereocenters. The number of hydrogen-bond donors (Lipinski definition) is 0.